The number of benzene rings is 4. The molecule has 37 heavy (non-hydrogen) atoms. The maximum Gasteiger partial charge on any atom is 0.123 e. The Kier molecular flexibility index (Phi) is 10.0. The number of nitrogens with zero attached hydrogens (tertiary/aromatic N) is 3. The van der Waals surface area contributed by atoms with Crippen molar-refractivity contribution in [2.24, 2.45) is 0 Å². The van der Waals surface area contributed by atoms with Crippen molar-refractivity contribution in [3.05, 3.63) is 127 Å². The Labute approximate surface area is 248 Å². The molecule has 0 spiro atoms. The van der Waals surface area contributed by atoms with Gasteiger partial charge in [-0.1, -0.05) is 40.2 Å². The van der Waals surface area contributed by atoms with E-state index in [0.717, 1.165) is 32.9 Å². The summed E-state index contributed by atoms with van der Waals surface area (Å²) < 4.78 is 29.4. The molecule has 2 heterocycles. The van der Waals surface area contributed by atoms with Gasteiger partial charge < -0.3 is 0 Å². The molecule has 6 aromatic rings. The average Bonchev–Trinajstić information content (AvgIpc) is 3.53. The zero-order valence-corrected chi connectivity index (χ0v) is 25.3. The first-order chi connectivity index (χ1) is 17.9. The zero-order chi connectivity index (χ0) is 26.2. The lowest BCUT2D eigenvalue weighted by atomic mass is 10.2. The van der Waals surface area contributed by atoms with Crippen LogP contribution in [0.25, 0.3) is 21.8 Å². The molecule has 0 radical (unpaired) electrons. The number of aromatic amines is 1. The number of rotatable bonds is 3. The highest BCUT2D eigenvalue weighted by Gasteiger charge is 2.04. The van der Waals surface area contributed by atoms with Crippen molar-refractivity contribution in [2.75, 3.05) is 0 Å². The second-order valence-electron chi connectivity index (χ2n) is 7.99. The maximum absolute atomic E-state index is 12.8. The van der Waals surface area contributed by atoms with Gasteiger partial charge in [0.05, 0.1) is 30.0 Å². The van der Waals surface area contributed by atoms with Crippen molar-refractivity contribution in [3.63, 3.8) is 0 Å². The number of aromatic nitrogens is 4. The van der Waals surface area contributed by atoms with Gasteiger partial charge in [-0.15, -0.1) is 0 Å². The maximum atomic E-state index is 12.8. The molecule has 188 valence electrons. The predicted octanol–water partition coefficient (Wildman–Crippen LogP) is 8.72. The van der Waals surface area contributed by atoms with E-state index < -0.39 is 0 Å². The summed E-state index contributed by atoms with van der Waals surface area (Å²) in [6, 6.07) is 25.4. The Morgan fingerprint density at radius 3 is 1.97 bits per heavy atom. The molecule has 2 aromatic heterocycles. The first-order valence-electron chi connectivity index (χ1n) is 11.2. The molecule has 9 heteroatoms. The second-order valence-corrected chi connectivity index (χ2v) is 11.0. The van der Waals surface area contributed by atoms with Crippen LogP contribution in [0.3, 0.4) is 0 Å². The molecule has 1 N–H and O–H groups in total. The van der Waals surface area contributed by atoms with E-state index in [4.69, 9.17) is 0 Å². The van der Waals surface area contributed by atoms with Crippen molar-refractivity contribution in [2.45, 2.75) is 11.9 Å². The van der Waals surface area contributed by atoms with E-state index in [-0.39, 0.29) is 11.6 Å². The number of hydrogen-bond acceptors (Lipinski definition) is 2. The lowest BCUT2D eigenvalue weighted by molar-refractivity contribution is 0.625. The smallest absolute Gasteiger partial charge is 0.123 e. The van der Waals surface area contributed by atoms with Gasteiger partial charge in [0.25, 0.3) is 0 Å². The number of alkyl halides is 1. The van der Waals surface area contributed by atoms with Crippen molar-refractivity contribution >= 4 is 82.9 Å². The number of nitrogens with one attached hydrogen (secondary N) is 1. The van der Waals surface area contributed by atoms with Crippen LogP contribution in [0.1, 0.15) is 11.1 Å². The highest BCUT2D eigenvalue weighted by molar-refractivity contribution is 14.1. The van der Waals surface area contributed by atoms with Gasteiger partial charge in [-0.25, -0.2) is 8.78 Å². The van der Waals surface area contributed by atoms with E-state index in [1.165, 1.54) is 36.8 Å². The Bertz CT molecular complexity index is 1580. The first-order valence-corrected chi connectivity index (χ1v) is 14.4. The number of halogens is 5. The third-order valence-corrected chi connectivity index (χ3v) is 7.31. The average molecular weight is 785 g/mol. The number of hydrogen-bond donors (Lipinski definition) is 1. The normalized spacial score (nSPS) is 10.5. The molecule has 0 saturated heterocycles. The zero-order valence-electron chi connectivity index (χ0n) is 19.4. The van der Waals surface area contributed by atoms with Crippen LogP contribution in [-0.2, 0) is 11.9 Å². The van der Waals surface area contributed by atoms with Gasteiger partial charge in [0.1, 0.15) is 11.6 Å². The van der Waals surface area contributed by atoms with Crippen molar-refractivity contribution in [3.8, 4) is 0 Å². The molecule has 0 aliphatic rings. The van der Waals surface area contributed by atoms with Gasteiger partial charge >= 0.3 is 0 Å². The fourth-order valence-corrected chi connectivity index (χ4v) is 4.84. The van der Waals surface area contributed by atoms with E-state index in [1.807, 2.05) is 23.1 Å². The predicted molar refractivity (Wildman–Crippen MR) is 166 cm³/mol. The summed E-state index contributed by atoms with van der Waals surface area (Å²) in [6.07, 6.45) is 3.69. The van der Waals surface area contributed by atoms with E-state index in [0.29, 0.717) is 6.54 Å². The van der Waals surface area contributed by atoms with Crippen molar-refractivity contribution in [1.82, 2.24) is 20.0 Å². The molecule has 0 fully saturated rings. The highest BCUT2D eigenvalue weighted by Crippen LogP contribution is 2.18. The van der Waals surface area contributed by atoms with Crippen LogP contribution in [0.5, 0.6) is 0 Å². The quantitative estimate of drug-likeness (QED) is 0.144. The molecule has 6 rings (SSSR count). The van der Waals surface area contributed by atoms with Crippen molar-refractivity contribution in [1.29, 1.82) is 0 Å². The van der Waals surface area contributed by atoms with Crippen LogP contribution in [-0.4, -0.2) is 20.0 Å². The van der Waals surface area contributed by atoms with Gasteiger partial charge in [0, 0.05) is 23.2 Å². The standard InChI is InChI=1S/C14H10FIN2.C7H6BrF.C7H5IN2/c15-12-3-1-10(2-4-12)9-18-14-6-5-13(16)7-11(14)8-17-18;8-5-6-1-3-7(9)4-2-6;8-6-1-2-7-5(3-6)4-9-10-7/h1-8H,9H2;1-4H,5H2;1-4H,(H,9,10). The first kappa shape index (κ1) is 27.6. The van der Waals surface area contributed by atoms with E-state index in [2.05, 4.69) is 107 Å². The van der Waals surface area contributed by atoms with Gasteiger partial charge in [-0.3, -0.25) is 9.78 Å². The Hall–Kier alpha value is -2.38. The molecule has 0 aliphatic heterocycles. The van der Waals surface area contributed by atoms with Gasteiger partial charge in [-0.2, -0.15) is 10.2 Å². The lowest BCUT2D eigenvalue weighted by Gasteiger charge is -2.04. The Balaban J connectivity index is 0.000000143. The Morgan fingerprint density at radius 2 is 1.32 bits per heavy atom. The minimum absolute atomic E-state index is 0.181. The van der Waals surface area contributed by atoms with E-state index >= 15 is 0 Å². The monoisotopic (exact) mass is 784 g/mol. The summed E-state index contributed by atoms with van der Waals surface area (Å²) in [4.78, 5) is 0. The summed E-state index contributed by atoms with van der Waals surface area (Å²) >= 11 is 7.83. The molecule has 4 aromatic carbocycles. The van der Waals surface area contributed by atoms with Gasteiger partial charge in [0.15, 0.2) is 0 Å². The molecule has 0 unspecified atom stereocenters. The molecular formula is C28H21BrF2I2N4. The topological polar surface area (TPSA) is 46.5 Å². The number of fused-ring (bicyclic) bond motifs is 2. The molecule has 0 bridgehead atoms. The summed E-state index contributed by atoms with van der Waals surface area (Å²) in [7, 11) is 0. The van der Waals surface area contributed by atoms with Crippen LogP contribution in [0.2, 0.25) is 0 Å². The summed E-state index contributed by atoms with van der Waals surface area (Å²) in [5, 5.41) is 14.3. The molecule has 0 amide bonds. The van der Waals surface area contributed by atoms with Gasteiger partial charge in [0.2, 0.25) is 0 Å². The van der Waals surface area contributed by atoms with E-state index in [1.54, 1.807) is 24.3 Å². The third-order valence-electron chi connectivity index (χ3n) is 5.32. The molecule has 4 nitrogen and oxygen atoms in total. The van der Waals surface area contributed by atoms with Crippen LogP contribution in [0, 0.1) is 18.8 Å². The highest BCUT2D eigenvalue weighted by atomic mass is 127. The van der Waals surface area contributed by atoms with Crippen LogP contribution in [0.15, 0.2) is 97.3 Å². The number of H-pyrrole nitrogens is 1. The van der Waals surface area contributed by atoms with Gasteiger partial charge in [-0.05, 0) is 117 Å². The fraction of sp³-hybridized carbons (Fsp3) is 0.0714. The minimum Gasteiger partial charge on any atom is -0.278 e. The molecule has 0 saturated carbocycles. The van der Waals surface area contributed by atoms with Crippen LogP contribution < -0.4 is 0 Å². The molecule has 0 aliphatic carbocycles. The SMILES string of the molecule is Fc1ccc(CBr)cc1.Fc1ccc(Cn2ncc3cc(I)ccc32)cc1.Ic1ccc2[nH]ncc2c1. The third kappa shape index (κ3) is 8.05. The lowest BCUT2D eigenvalue weighted by Crippen LogP contribution is -2.01. The van der Waals surface area contributed by atoms with Crippen LogP contribution in [0.4, 0.5) is 8.78 Å². The minimum atomic E-state index is -0.210. The Morgan fingerprint density at radius 1 is 0.730 bits per heavy atom. The van der Waals surface area contributed by atoms with Crippen LogP contribution >= 0.6 is 61.1 Å². The molecule has 0 atom stereocenters. The summed E-state index contributed by atoms with van der Waals surface area (Å²) in [5.41, 5.74) is 4.33. The summed E-state index contributed by atoms with van der Waals surface area (Å²) in [6.45, 7) is 0.657. The largest absolute Gasteiger partial charge is 0.278 e. The molecular weight excluding hydrogens is 764 g/mol. The van der Waals surface area contributed by atoms with E-state index in [9.17, 15) is 8.78 Å². The fourth-order valence-electron chi connectivity index (χ4n) is 3.43. The summed E-state index contributed by atoms with van der Waals surface area (Å²) in [5.74, 6) is -0.390. The second kappa shape index (κ2) is 13.4. The van der Waals surface area contributed by atoms with Crippen molar-refractivity contribution < 1.29 is 8.78 Å².